The van der Waals surface area contributed by atoms with E-state index in [0.29, 0.717) is 0 Å². The van der Waals surface area contributed by atoms with Crippen LogP contribution in [0.15, 0.2) is 0 Å². The molecule has 2 rings (SSSR count). The molecular formula is C13H27N3. The van der Waals surface area contributed by atoms with Gasteiger partial charge in [-0.25, -0.2) is 10.0 Å². The first kappa shape index (κ1) is 12.3. The van der Waals surface area contributed by atoms with Crippen LogP contribution in [-0.2, 0) is 0 Å². The molecule has 2 aliphatic heterocycles. The zero-order valence-corrected chi connectivity index (χ0v) is 11.2. The zero-order valence-electron chi connectivity index (χ0n) is 11.2. The van der Waals surface area contributed by atoms with Crippen molar-refractivity contribution in [3.05, 3.63) is 0 Å². The highest BCUT2D eigenvalue weighted by atomic mass is 15.6. The highest BCUT2D eigenvalue weighted by Gasteiger charge is 2.26. The molecule has 2 fully saturated rings. The van der Waals surface area contributed by atoms with Crippen molar-refractivity contribution in [2.75, 3.05) is 46.3 Å². The lowest BCUT2D eigenvalue weighted by Gasteiger charge is -2.44. The number of piperidine rings is 1. The SMILES string of the molecule is CC(C)C1CCN(N2CCN(C)CC2)CC1. The number of rotatable bonds is 2. The Bertz CT molecular complexity index is 201. The first-order chi connectivity index (χ1) is 7.66. The lowest BCUT2D eigenvalue weighted by atomic mass is 9.87. The summed E-state index contributed by atoms with van der Waals surface area (Å²) in [6.45, 7) is 12.2. The third-order valence-corrected chi connectivity index (χ3v) is 4.34. The average molecular weight is 225 g/mol. The van der Waals surface area contributed by atoms with Crippen LogP contribution in [-0.4, -0.2) is 61.2 Å². The summed E-state index contributed by atoms with van der Waals surface area (Å²) < 4.78 is 0. The van der Waals surface area contributed by atoms with Crippen LogP contribution in [0.5, 0.6) is 0 Å². The molecule has 0 radical (unpaired) electrons. The summed E-state index contributed by atoms with van der Waals surface area (Å²) in [6, 6.07) is 0. The second-order valence-corrected chi connectivity index (χ2v) is 5.79. The van der Waals surface area contributed by atoms with Crippen LogP contribution in [0.4, 0.5) is 0 Å². The molecule has 0 aromatic carbocycles. The van der Waals surface area contributed by atoms with Crippen LogP contribution in [0, 0.1) is 11.8 Å². The van der Waals surface area contributed by atoms with Crippen molar-refractivity contribution < 1.29 is 0 Å². The van der Waals surface area contributed by atoms with Gasteiger partial charge >= 0.3 is 0 Å². The second-order valence-electron chi connectivity index (χ2n) is 5.79. The molecule has 0 unspecified atom stereocenters. The van der Waals surface area contributed by atoms with Gasteiger partial charge in [-0.15, -0.1) is 0 Å². The van der Waals surface area contributed by atoms with Gasteiger partial charge in [0.2, 0.25) is 0 Å². The van der Waals surface area contributed by atoms with E-state index >= 15 is 0 Å². The van der Waals surface area contributed by atoms with Crippen LogP contribution < -0.4 is 0 Å². The first-order valence-corrected chi connectivity index (χ1v) is 6.85. The third kappa shape index (κ3) is 2.96. The minimum Gasteiger partial charge on any atom is -0.304 e. The fraction of sp³-hybridized carbons (Fsp3) is 1.00. The normalized spacial score (nSPS) is 27.8. The zero-order chi connectivity index (χ0) is 11.5. The Balaban J connectivity index is 1.76. The molecule has 16 heavy (non-hydrogen) atoms. The summed E-state index contributed by atoms with van der Waals surface area (Å²) in [5.74, 6) is 1.83. The molecule has 0 spiro atoms. The predicted octanol–water partition coefficient (Wildman–Crippen LogP) is 1.52. The van der Waals surface area contributed by atoms with Crippen molar-refractivity contribution in [1.29, 1.82) is 0 Å². The molecule has 0 aliphatic carbocycles. The Morgan fingerprint density at radius 3 is 1.81 bits per heavy atom. The molecule has 0 bridgehead atoms. The van der Waals surface area contributed by atoms with E-state index in [1.165, 1.54) is 52.1 Å². The summed E-state index contributed by atoms with van der Waals surface area (Å²) in [5.41, 5.74) is 0. The summed E-state index contributed by atoms with van der Waals surface area (Å²) in [7, 11) is 2.22. The Hall–Kier alpha value is -0.120. The lowest BCUT2D eigenvalue weighted by molar-refractivity contribution is -0.0756. The van der Waals surface area contributed by atoms with Crippen LogP contribution in [0.2, 0.25) is 0 Å². The summed E-state index contributed by atoms with van der Waals surface area (Å²) in [5, 5.41) is 5.18. The maximum atomic E-state index is 2.60. The number of hydrazine groups is 1. The molecular weight excluding hydrogens is 198 g/mol. The summed E-state index contributed by atoms with van der Waals surface area (Å²) in [4.78, 5) is 2.43. The van der Waals surface area contributed by atoms with Crippen LogP contribution in [0.1, 0.15) is 26.7 Å². The number of nitrogens with zero attached hydrogens (tertiary/aromatic N) is 3. The standard InChI is InChI=1S/C13H27N3/c1-12(2)13-4-6-15(7-5-13)16-10-8-14(3)9-11-16/h12-13H,4-11H2,1-3H3. The first-order valence-electron chi connectivity index (χ1n) is 6.85. The highest BCUT2D eigenvalue weighted by molar-refractivity contribution is 4.76. The van der Waals surface area contributed by atoms with Gasteiger partial charge in [0.1, 0.15) is 0 Å². The maximum Gasteiger partial charge on any atom is 0.0261 e. The van der Waals surface area contributed by atoms with Gasteiger partial charge in [0, 0.05) is 39.3 Å². The molecule has 0 atom stereocenters. The van der Waals surface area contributed by atoms with Crippen molar-refractivity contribution in [3.8, 4) is 0 Å². The van der Waals surface area contributed by atoms with E-state index in [0.717, 1.165) is 11.8 Å². The van der Waals surface area contributed by atoms with E-state index < -0.39 is 0 Å². The van der Waals surface area contributed by atoms with Crippen LogP contribution in [0.25, 0.3) is 0 Å². The second kappa shape index (κ2) is 5.48. The van der Waals surface area contributed by atoms with E-state index in [-0.39, 0.29) is 0 Å². The quantitative estimate of drug-likeness (QED) is 0.705. The minimum atomic E-state index is 0.870. The lowest BCUT2D eigenvalue weighted by Crippen LogP contribution is -2.55. The third-order valence-electron chi connectivity index (χ3n) is 4.34. The monoisotopic (exact) mass is 225 g/mol. The molecule has 0 aromatic rings. The average Bonchev–Trinajstić information content (AvgIpc) is 2.30. The van der Waals surface area contributed by atoms with Crippen molar-refractivity contribution in [2.24, 2.45) is 11.8 Å². The number of hydrogen-bond acceptors (Lipinski definition) is 3. The molecule has 0 aromatic heterocycles. The van der Waals surface area contributed by atoms with Crippen molar-refractivity contribution in [1.82, 2.24) is 14.9 Å². The molecule has 94 valence electrons. The van der Waals surface area contributed by atoms with Crippen LogP contribution in [0.3, 0.4) is 0 Å². The van der Waals surface area contributed by atoms with Gasteiger partial charge in [-0.2, -0.15) is 0 Å². The molecule has 2 heterocycles. The van der Waals surface area contributed by atoms with E-state index in [9.17, 15) is 0 Å². The van der Waals surface area contributed by atoms with Gasteiger partial charge in [0.05, 0.1) is 0 Å². The molecule has 2 aliphatic rings. The van der Waals surface area contributed by atoms with E-state index in [2.05, 4.69) is 35.8 Å². The van der Waals surface area contributed by atoms with Gasteiger partial charge in [-0.1, -0.05) is 13.8 Å². The smallest absolute Gasteiger partial charge is 0.0261 e. The largest absolute Gasteiger partial charge is 0.304 e. The number of likely N-dealkylation sites (N-methyl/N-ethyl adjacent to an activating group) is 1. The molecule has 3 nitrogen and oxygen atoms in total. The topological polar surface area (TPSA) is 9.72 Å². The fourth-order valence-corrected chi connectivity index (χ4v) is 2.91. The van der Waals surface area contributed by atoms with Gasteiger partial charge < -0.3 is 4.90 Å². The highest BCUT2D eigenvalue weighted by Crippen LogP contribution is 2.25. The Morgan fingerprint density at radius 2 is 1.31 bits per heavy atom. The number of hydrogen-bond donors (Lipinski definition) is 0. The minimum absolute atomic E-state index is 0.870. The summed E-state index contributed by atoms with van der Waals surface area (Å²) in [6.07, 6.45) is 2.79. The molecule has 2 saturated heterocycles. The van der Waals surface area contributed by atoms with Crippen molar-refractivity contribution in [3.63, 3.8) is 0 Å². The Morgan fingerprint density at radius 1 is 0.812 bits per heavy atom. The Labute approximate surface area is 100 Å². The molecule has 0 saturated carbocycles. The maximum absolute atomic E-state index is 2.60. The van der Waals surface area contributed by atoms with Gasteiger partial charge in [-0.3, -0.25) is 0 Å². The summed E-state index contributed by atoms with van der Waals surface area (Å²) >= 11 is 0. The van der Waals surface area contributed by atoms with Crippen molar-refractivity contribution >= 4 is 0 Å². The van der Waals surface area contributed by atoms with E-state index in [4.69, 9.17) is 0 Å². The molecule has 0 amide bonds. The Kier molecular flexibility index (Phi) is 4.22. The van der Waals surface area contributed by atoms with Crippen LogP contribution >= 0.6 is 0 Å². The predicted molar refractivity (Wildman–Crippen MR) is 68.2 cm³/mol. The molecule has 0 N–H and O–H groups in total. The number of piperazine rings is 1. The van der Waals surface area contributed by atoms with Crippen molar-refractivity contribution in [2.45, 2.75) is 26.7 Å². The van der Waals surface area contributed by atoms with Gasteiger partial charge in [0.15, 0.2) is 0 Å². The molecule has 3 heteroatoms. The van der Waals surface area contributed by atoms with E-state index in [1.807, 2.05) is 0 Å². The van der Waals surface area contributed by atoms with Gasteiger partial charge in [0.25, 0.3) is 0 Å². The fourth-order valence-electron chi connectivity index (χ4n) is 2.91. The van der Waals surface area contributed by atoms with E-state index in [1.54, 1.807) is 0 Å². The van der Waals surface area contributed by atoms with Gasteiger partial charge in [-0.05, 0) is 31.7 Å².